The van der Waals surface area contributed by atoms with Gasteiger partial charge >= 0.3 is 0 Å². The molecule has 2 rings (SSSR count). The van der Waals surface area contributed by atoms with Crippen molar-refractivity contribution in [1.82, 2.24) is 9.78 Å². The standard InChI is InChI=1S/C15H16ClFN2O/c1-15(2,3)13-8-12(14(16)20)19(18-13)9-10-4-6-11(17)7-5-10/h4-8H,9H2,1-3H3. The van der Waals surface area contributed by atoms with Gasteiger partial charge in [0.05, 0.1) is 12.2 Å². The molecular weight excluding hydrogens is 279 g/mol. The Morgan fingerprint density at radius 1 is 1.30 bits per heavy atom. The molecule has 0 unspecified atom stereocenters. The van der Waals surface area contributed by atoms with Crippen LogP contribution in [0.15, 0.2) is 30.3 Å². The van der Waals surface area contributed by atoms with Gasteiger partial charge in [-0.1, -0.05) is 32.9 Å². The molecule has 3 nitrogen and oxygen atoms in total. The zero-order valence-corrected chi connectivity index (χ0v) is 12.4. The lowest BCUT2D eigenvalue weighted by Gasteiger charge is -2.14. The summed E-state index contributed by atoms with van der Waals surface area (Å²) in [5, 5.41) is 3.89. The van der Waals surface area contributed by atoms with Gasteiger partial charge in [-0.25, -0.2) is 4.39 Å². The molecular formula is C15H16ClFN2O. The molecule has 0 bridgehead atoms. The first-order chi connectivity index (χ1) is 9.27. The van der Waals surface area contributed by atoms with Crippen LogP contribution in [0.5, 0.6) is 0 Å². The predicted molar refractivity (Wildman–Crippen MR) is 76.6 cm³/mol. The normalized spacial score (nSPS) is 11.7. The van der Waals surface area contributed by atoms with Gasteiger partial charge < -0.3 is 0 Å². The van der Waals surface area contributed by atoms with E-state index in [0.717, 1.165) is 11.3 Å². The minimum atomic E-state index is -0.546. The Morgan fingerprint density at radius 3 is 2.40 bits per heavy atom. The second-order valence-corrected chi connectivity index (χ2v) is 6.07. The maximum absolute atomic E-state index is 12.9. The minimum Gasteiger partial charge on any atom is -0.274 e. The molecule has 0 aliphatic carbocycles. The van der Waals surface area contributed by atoms with Gasteiger partial charge in [0.1, 0.15) is 11.5 Å². The van der Waals surface area contributed by atoms with E-state index < -0.39 is 5.24 Å². The summed E-state index contributed by atoms with van der Waals surface area (Å²) in [5.41, 5.74) is 1.83. The molecule has 0 aliphatic rings. The van der Waals surface area contributed by atoms with Crippen LogP contribution in [0.25, 0.3) is 0 Å². The van der Waals surface area contributed by atoms with Gasteiger partial charge in [-0.15, -0.1) is 0 Å². The van der Waals surface area contributed by atoms with Crippen LogP contribution >= 0.6 is 11.6 Å². The van der Waals surface area contributed by atoms with E-state index in [4.69, 9.17) is 11.6 Å². The lowest BCUT2D eigenvalue weighted by molar-refractivity contribution is 0.107. The van der Waals surface area contributed by atoms with Crippen molar-refractivity contribution in [3.8, 4) is 0 Å². The highest BCUT2D eigenvalue weighted by molar-refractivity contribution is 6.67. The number of hydrogen-bond acceptors (Lipinski definition) is 2. The maximum atomic E-state index is 12.9. The van der Waals surface area contributed by atoms with E-state index >= 15 is 0 Å². The molecule has 0 saturated heterocycles. The van der Waals surface area contributed by atoms with Crippen molar-refractivity contribution >= 4 is 16.8 Å². The van der Waals surface area contributed by atoms with Gasteiger partial charge in [0.2, 0.25) is 0 Å². The third kappa shape index (κ3) is 3.25. The Morgan fingerprint density at radius 2 is 1.90 bits per heavy atom. The van der Waals surface area contributed by atoms with Crippen molar-refractivity contribution < 1.29 is 9.18 Å². The summed E-state index contributed by atoms with van der Waals surface area (Å²) >= 11 is 5.60. The first-order valence-corrected chi connectivity index (χ1v) is 6.68. The Labute approximate surface area is 122 Å². The largest absolute Gasteiger partial charge is 0.274 e. The molecule has 0 fully saturated rings. The number of aromatic nitrogens is 2. The molecule has 0 atom stereocenters. The molecule has 5 heteroatoms. The summed E-state index contributed by atoms with van der Waals surface area (Å²) in [7, 11) is 0. The fraction of sp³-hybridized carbons (Fsp3) is 0.333. The number of carbonyl (C=O) groups is 1. The Kier molecular flexibility index (Phi) is 3.95. The molecule has 0 radical (unpaired) electrons. The van der Waals surface area contributed by atoms with Gasteiger partial charge in [0, 0.05) is 5.41 Å². The number of rotatable bonds is 3. The number of halogens is 2. The van der Waals surface area contributed by atoms with Crippen molar-refractivity contribution in [3.05, 3.63) is 53.1 Å². The third-order valence-electron chi connectivity index (χ3n) is 3.00. The highest BCUT2D eigenvalue weighted by Gasteiger charge is 2.22. The average molecular weight is 295 g/mol. The minimum absolute atomic E-state index is 0.171. The molecule has 20 heavy (non-hydrogen) atoms. The lowest BCUT2D eigenvalue weighted by atomic mass is 9.92. The van der Waals surface area contributed by atoms with Crippen molar-refractivity contribution in [2.75, 3.05) is 0 Å². The summed E-state index contributed by atoms with van der Waals surface area (Å²) in [4.78, 5) is 11.5. The van der Waals surface area contributed by atoms with Crippen LogP contribution in [0.1, 0.15) is 42.5 Å². The molecule has 1 aromatic carbocycles. The van der Waals surface area contributed by atoms with E-state index in [1.807, 2.05) is 20.8 Å². The van der Waals surface area contributed by atoms with E-state index in [0.29, 0.717) is 12.2 Å². The van der Waals surface area contributed by atoms with Crippen molar-refractivity contribution in [3.63, 3.8) is 0 Å². The molecule has 0 aliphatic heterocycles. The molecule has 0 spiro atoms. The zero-order valence-electron chi connectivity index (χ0n) is 11.7. The van der Waals surface area contributed by atoms with E-state index in [1.165, 1.54) is 12.1 Å². The van der Waals surface area contributed by atoms with Crippen molar-refractivity contribution in [1.29, 1.82) is 0 Å². The topological polar surface area (TPSA) is 34.9 Å². The third-order valence-corrected chi connectivity index (χ3v) is 3.19. The molecule has 0 saturated carbocycles. The van der Waals surface area contributed by atoms with E-state index in [-0.39, 0.29) is 11.2 Å². The average Bonchev–Trinajstić information content (AvgIpc) is 2.76. The fourth-order valence-corrected chi connectivity index (χ4v) is 1.98. The van der Waals surface area contributed by atoms with E-state index in [1.54, 1.807) is 22.9 Å². The van der Waals surface area contributed by atoms with Gasteiger partial charge in [-0.2, -0.15) is 5.10 Å². The number of nitrogens with zero attached hydrogens (tertiary/aromatic N) is 2. The monoisotopic (exact) mass is 294 g/mol. The van der Waals surface area contributed by atoms with Crippen molar-refractivity contribution in [2.45, 2.75) is 32.7 Å². The van der Waals surface area contributed by atoms with Gasteiger partial charge in [-0.3, -0.25) is 9.48 Å². The Balaban J connectivity index is 2.37. The first-order valence-electron chi connectivity index (χ1n) is 6.30. The van der Waals surface area contributed by atoms with Crippen LogP contribution < -0.4 is 0 Å². The first kappa shape index (κ1) is 14.7. The quantitative estimate of drug-likeness (QED) is 0.808. The van der Waals surface area contributed by atoms with Gasteiger partial charge in [-0.05, 0) is 35.4 Å². The molecule has 106 valence electrons. The second kappa shape index (κ2) is 5.37. The lowest BCUT2D eigenvalue weighted by Crippen LogP contribution is -2.13. The van der Waals surface area contributed by atoms with Gasteiger partial charge in [0.25, 0.3) is 5.24 Å². The van der Waals surface area contributed by atoms with Crippen LogP contribution in [0.3, 0.4) is 0 Å². The van der Waals surface area contributed by atoms with Gasteiger partial charge in [0.15, 0.2) is 0 Å². The number of hydrogen-bond donors (Lipinski definition) is 0. The van der Waals surface area contributed by atoms with Crippen LogP contribution in [0.2, 0.25) is 0 Å². The summed E-state index contributed by atoms with van der Waals surface area (Å²) < 4.78 is 14.5. The highest BCUT2D eigenvalue weighted by Crippen LogP contribution is 2.23. The maximum Gasteiger partial charge on any atom is 0.270 e. The Hall–Kier alpha value is -1.68. The molecule has 1 aromatic heterocycles. The summed E-state index contributed by atoms with van der Waals surface area (Å²) in [6.45, 7) is 6.42. The number of benzene rings is 1. The number of carbonyl (C=O) groups excluding carboxylic acids is 1. The highest BCUT2D eigenvalue weighted by atomic mass is 35.5. The molecule has 2 aromatic rings. The van der Waals surface area contributed by atoms with Crippen LogP contribution in [0.4, 0.5) is 4.39 Å². The smallest absolute Gasteiger partial charge is 0.270 e. The van der Waals surface area contributed by atoms with Crippen LogP contribution in [-0.4, -0.2) is 15.0 Å². The SMILES string of the molecule is CC(C)(C)c1cc(C(=O)Cl)n(Cc2ccc(F)cc2)n1. The zero-order chi connectivity index (χ0) is 14.9. The second-order valence-electron chi connectivity index (χ2n) is 5.72. The summed E-state index contributed by atoms with van der Waals surface area (Å²) in [6.07, 6.45) is 0. The van der Waals surface area contributed by atoms with E-state index in [9.17, 15) is 9.18 Å². The fourth-order valence-electron chi connectivity index (χ4n) is 1.82. The molecule has 1 heterocycles. The van der Waals surface area contributed by atoms with E-state index in [2.05, 4.69) is 5.10 Å². The molecule has 0 N–H and O–H groups in total. The summed E-state index contributed by atoms with van der Waals surface area (Å²) in [6, 6.07) is 7.79. The summed E-state index contributed by atoms with van der Waals surface area (Å²) in [5.74, 6) is -0.293. The van der Waals surface area contributed by atoms with Crippen molar-refractivity contribution in [2.24, 2.45) is 0 Å². The van der Waals surface area contributed by atoms with Crippen LogP contribution in [0, 0.1) is 5.82 Å². The Bertz CT molecular complexity index is 626. The molecule has 0 amide bonds. The van der Waals surface area contributed by atoms with Crippen LogP contribution in [-0.2, 0) is 12.0 Å². The predicted octanol–water partition coefficient (Wildman–Crippen LogP) is 3.75.